The Balaban J connectivity index is 2.24. The Bertz CT molecular complexity index is 639. The molecule has 0 bridgehead atoms. The van der Waals surface area contributed by atoms with Crippen molar-refractivity contribution in [3.8, 4) is 6.07 Å². The minimum Gasteiger partial charge on any atom is -0.372 e. The van der Waals surface area contributed by atoms with E-state index in [9.17, 15) is 0 Å². The lowest BCUT2D eigenvalue weighted by molar-refractivity contribution is 0.587. The number of anilines is 3. The lowest BCUT2D eigenvalue weighted by atomic mass is 10.3. The molecule has 0 aliphatic carbocycles. The van der Waals surface area contributed by atoms with Gasteiger partial charge in [-0.05, 0) is 13.3 Å². The van der Waals surface area contributed by atoms with Crippen LogP contribution in [-0.4, -0.2) is 26.8 Å². The van der Waals surface area contributed by atoms with Gasteiger partial charge in [0.15, 0.2) is 0 Å². The summed E-state index contributed by atoms with van der Waals surface area (Å²) in [5, 5.41) is 19.2. The molecule has 0 fully saturated rings. The predicted octanol–water partition coefficient (Wildman–Crippen LogP) is 2.05. The Labute approximate surface area is 117 Å². The SMILES string of the molecule is CCCn1ncc(Nc2ncc(C#N)c(NC)n2)c1C. The molecule has 0 amide bonds. The van der Waals surface area contributed by atoms with Gasteiger partial charge >= 0.3 is 0 Å². The molecule has 0 aliphatic heterocycles. The highest BCUT2D eigenvalue weighted by Crippen LogP contribution is 2.19. The molecule has 2 aromatic heterocycles. The first-order valence-corrected chi connectivity index (χ1v) is 6.44. The molecule has 0 unspecified atom stereocenters. The fourth-order valence-electron chi connectivity index (χ4n) is 1.84. The van der Waals surface area contributed by atoms with E-state index >= 15 is 0 Å². The Hall–Kier alpha value is -2.62. The molecule has 2 aromatic rings. The van der Waals surface area contributed by atoms with Gasteiger partial charge in [0.05, 0.1) is 23.8 Å². The molecule has 0 atom stereocenters. The smallest absolute Gasteiger partial charge is 0.229 e. The highest BCUT2D eigenvalue weighted by Gasteiger charge is 2.09. The third kappa shape index (κ3) is 2.69. The van der Waals surface area contributed by atoms with Crippen LogP contribution in [0.5, 0.6) is 0 Å². The van der Waals surface area contributed by atoms with Gasteiger partial charge in [-0.3, -0.25) is 4.68 Å². The molecule has 0 aromatic carbocycles. The van der Waals surface area contributed by atoms with Gasteiger partial charge in [0, 0.05) is 13.6 Å². The third-order valence-corrected chi connectivity index (χ3v) is 2.93. The number of nitriles is 1. The highest BCUT2D eigenvalue weighted by molar-refractivity contribution is 5.59. The Morgan fingerprint density at radius 3 is 2.85 bits per heavy atom. The first-order valence-electron chi connectivity index (χ1n) is 6.44. The van der Waals surface area contributed by atoms with E-state index in [-0.39, 0.29) is 0 Å². The van der Waals surface area contributed by atoms with Crippen molar-refractivity contribution < 1.29 is 0 Å². The van der Waals surface area contributed by atoms with E-state index in [4.69, 9.17) is 5.26 Å². The molecular weight excluding hydrogens is 254 g/mol. The van der Waals surface area contributed by atoms with Crippen molar-refractivity contribution in [2.24, 2.45) is 0 Å². The molecule has 2 rings (SSSR count). The van der Waals surface area contributed by atoms with E-state index in [1.165, 1.54) is 6.20 Å². The molecule has 7 nitrogen and oxygen atoms in total. The second-order valence-corrected chi connectivity index (χ2v) is 4.31. The number of hydrogen-bond donors (Lipinski definition) is 2. The maximum Gasteiger partial charge on any atom is 0.229 e. The maximum absolute atomic E-state index is 8.93. The quantitative estimate of drug-likeness (QED) is 0.864. The lowest BCUT2D eigenvalue weighted by Crippen LogP contribution is -2.04. The molecule has 0 radical (unpaired) electrons. The van der Waals surface area contributed by atoms with Crippen LogP contribution in [0.25, 0.3) is 0 Å². The van der Waals surface area contributed by atoms with Crippen LogP contribution in [0.15, 0.2) is 12.4 Å². The molecule has 0 spiro atoms. The summed E-state index contributed by atoms with van der Waals surface area (Å²) >= 11 is 0. The summed E-state index contributed by atoms with van der Waals surface area (Å²) in [6.07, 6.45) is 4.28. The molecule has 0 saturated carbocycles. The molecule has 104 valence electrons. The van der Waals surface area contributed by atoms with Crippen LogP contribution in [0.4, 0.5) is 17.5 Å². The van der Waals surface area contributed by atoms with E-state index in [2.05, 4.69) is 32.6 Å². The van der Waals surface area contributed by atoms with E-state index in [1.807, 2.05) is 17.7 Å². The first-order chi connectivity index (χ1) is 9.69. The molecule has 20 heavy (non-hydrogen) atoms. The molecule has 0 aliphatic rings. The van der Waals surface area contributed by atoms with Gasteiger partial charge in [-0.25, -0.2) is 4.98 Å². The number of aryl methyl sites for hydroxylation is 1. The standard InChI is InChI=1S/C13H17N7/c1-4-5-20-9(2)11(8-17-20)18-13-16-7-10(6-14)12(15-3)19-13/h7-8H,4-5H2,1-3H3,(H2,15,16,18,19). The molecule has 2 heterocycles. The summed E-state index contributed by atoms with van der Waals surface area (Å²) < 4.78 is 1.94. The summed E-state index contributed by atoms with van der Waals surface area (Å²) in [7, 11) is 1.72. The number of hydrogen-bond acceptors (Lipinski definition) is 6. The monoisotopic (exact) mass is 271 g/mol. The average molecular weight is 271 g/mol. The second kappa shape index (κ2) is 6.02. The fourth-order valence-corrected chi connectivity index (χ4v) is 1.84. The molecular formula is C13H17N7. The lowest BCUT2D eigenvalue weighted by Gasteiger charge is -2.07. The van der Waals surface area contributed by atoms with Crippen molar-refractivity contribution in [1.82, 2.24) is 19.7 Å². The fraction of sp³-hybridized carbons (Fsp3) is 0.385. The minimum atomic E-state index is 0.413. The van der Waals surface area contributed by atoms with Crippen molar-refractivity contribution in [2.45, 2.75) is 26.8 Å². The zero-order valence-electron chi connectivity index (χ0n) is 11.8. The average Bonchev–Trinajstić information content (AvgIpc) is 2.80. The zero-order valence-corrected chi connectivity index (χ0v) is 11.8. The van der Waals surface area contributed by atoms with Crippen molar-refractivity contribution in [2.75, 3.05) is 17.7 Å². The molecule has 0 saturated heterocycles. The third-order valence-electron chi connectivity index (χ3n) is 2.93. The van der Waals surface area contributed by atoms with E-state index in [0.29, 0.717) is 17.3 Å². The Morgan fingerprint density at radius 2 is 2.20 bits per heavy atom. The number of rotatable bonds is 5. The van der Waals surface area contributed by atoms with Crippen LogP contribution >= 0.6 is 0 Å². The number of aromatic nitrogens is 4. The van der Waals surface area contributed by atoms with E-state index in [1.54, 1.807) is 13.2 Å². The highest BCUT2D eigenvalue weighted by atomic mass is 15.3. The van der Waals surface area contributed by atoms with Crippen molar-refractivity contribution in [3.05, 3.63) is 23.7 Å². The van der Waals surface area contributed by atoms with Gasteiger partial charge in [-0.1, -0.05) is 6.92 Å². The minimum absolute atomic E-state index is 0.413. The normalized spacial score (nSPS) is 10.1. The Morgan fingerprint density at radius 1 is 1.40 bits per heavy atom. The van der Waals surface area contributed by atoms with Crippen LogP contribution < -0.4 is 10.6 Å². The largest absolute Gasteiger partial charge is 0.372 e. The summed E-state index contributed by atoms with van der Waals surface area (Å²) in [5.41, 5.74) is 2.31. The van der Waals surface area contributed by atoms with Crippen LogP contribution in [0.1, 0.15) is 24.6 Å². The topological polar surface area (TPSA) is 91.5 Å². The van der Waals surface area contributed by atoms with Crippen molar-refractivity contribution >= 4 is 17.5 Å². The summed E-state index contributed by atoms with van der Waals surface area (Å²) in [4.78, 5) is 8.39. The van der Waals surface area contributed by atoms with Crippen LogP contribution in [-0.2, 0) is 6.54 Å². The van der Waals surface area contributed by atoms with E-state index in [0.717, 1.165) is 24.3 Å². The summed E-state index contributed by atoms with van der Waals surface area (Å²) in [5.74, 6) is 0.941. The number of nitrogens with one attached hydrogen (secondary N) is 2. The summed E-state index contributed by atoms with van der Waals surface area (Å²) in [6.45, 7) is 4.98. The van der Waals surface area contributed by atoms with Crippen LogP contribution in [0, 0.1) is 18.3 Å². The van der Waals surface area contributed by atoms with Gasteiger partial charge in [0.2, 0.25) is 5.95 Å². The van der Waals surface area contributed by atoms with Gasteiger partial charge in [0.25, 0.3) is 0 Å². The van der Waals surface area contributed by atoms with Gasteiger partial charge in [-0.2, -0.15) is 15.3 Å². The van der Waals surface area contributed by atoms with Gasteiger partial charge in [-0.15, -0.1) is 0 Å². The van der Waals surface area contributed by atoms with E-state index < -0.39 is 0 Å². The van der Waals surface area contributed by atoms with Crippen molar-refractivity contribution in [1.29, 1.82) is 5.26 Å². The molecule has 2 N–H and O–H groups in total. The van der Waals surface area contributed by atoms with Gasteiger partial charge in [0.1, 0.15) is 17.5 Å². The number of nitrogens with zero attached hydrogens (tertiary/aromatic N) is 5. The van der Waals surface area contributed by atoms with Crippen LogP contribution in [0.2, 0.25) is 0 Å². The second-order valence-electron chi connectivity index (χ2n) is 4.31. The Kier molecular flexibility index (Phi) is 4.15. The molecule has 7 heteroatoms. The van der Waals surface area contributed by atoms with Crippen LogP contribution in [0.3, 0.4) is 0 Å². The van der Waals surface area contributed by atoms with Crippen molar-refractivity contribution in [3.63, 3.8) is 0 Å². The van der Waals surface area contributed by atoms with Gasteiger partial charge < -0.3 is 10.6 Å². The first kappa shape index (κ1) is 13.8. The zero-order chi connectivity index (χ0) is 14.5. The summed E-state index contributed by atoms with van der Waals surface area (Å²) in [6, 6.07) is 2.04. The predicted molar refractivity (Wildman–Crippen MR) is 76.8 cm³/mol. The maximum atomic E-state index is 8.93.